The van der Waals surface area contributed by atoms with E-state index in [4.69, 9.17) is 4.98 Å². The predicted molar refractivity (Wildman–Crippen MR) is 125 cm³/mol. The van der Waals surface area contributed by atoms with Crippen molar-refractivity contribution in [1.29, 1.82) is 0 Å². The Balaban J connectivity index is 1.51. The molecule has 5 rings (SSSR count). The van der Waals surface area contributed by atoms with Crippen molar-refractivity contribution in [1.82, 2.24) is 25.1 Å². The van der Waals surface area contributed by atoms with Gasteiger partial charge in [-0.15, -0.1) is 0 Å². The Hall–Kier alpha value is -3.48. The Morgan fingerprint density at radius 1 is 1.12 bits per heavy atom. The third kappa shape index (κ3) is 3.38. The summed E-state index contributed by atoms with van der Waals surface area (Å²) < 4.78 is 0. The van der Waals surface area contributed by atoms with Crippen molar-refractivity contribution in [3.05, 3.63) is 69.4 Å². The number of amides is 1. The second-order valence-electron chi connectivity index (χ2n) is 8.82. The molecule has 3 heterocycles. The third-order valence-electron chi connectivity index (χ3n) is 6.72. The molecule has 7 heteroatoms. The predicted octanol–water partition coefficient (Wildman–Crippen LogP) is 4.27. The van der Waals surface area contributed by atoms with Crippen LogP contribution >= 0.6 is 0 Å². The molecule has 32 heavy (non-hydrogen) atoms. The van der Waals surface area contributed by atoms with Crippen LogP contribution in [0.25, 0.3) is 21.8 Å². The zero-order chi connectivity index (χ0) is 22.4. The molecule has 2 aromatic carbocycles. The number of benzene rings is 2. The highest BCUT2D eigenvalue weighted by Crippen LogP contribution is 2.34. The van der Waals surface area contributed by atoms with Crippen LogP contribution in [-0.4, -0.2) is 37.5 Å². The number of aromatic nitrogens is 4. The quantitative estimate of drug-likeness (QED) is 0.508. The summed E-state index contributed by atoms with van der Waals surface area (Å²) >= 11 is 0. The molecule has 2 atom stereocenters. The Kier molecular flexibility index (Phi) is 5.04. The van der Waals surface area contributed by atoms with Crippen LogP contribution in [0.1, 0.15) is 60.8 Å². The summed E-state index contributed by atoms with van der Waals surface area (Å²) in [5.74, 6) is 0.364. The SMILES string of the molecule is Cc1cc2nc([C@H]3CCCCN3C(=O)[C@H](C)c3n[nH]c(=O)c4ccccc34)[nH]c2cc1C. The first-order valence-electron chi connectivity index (χ1n) is 11.2. The molecular weight excluding hydrogens is 402 g/mol. The first-order valence-corrected chi connectivity index (χ1v) is 11.2. The Labute approximate surface area is 185 Å². The van der Waals surface area contributed by atoms with Gasteiger partial charge in [0.15, 0.2) is 0 Å². The van der Waals surface area contributed by atoms with Crippen molar-refractivity contribution in [3.63, 3.8) is 0 Å². The number of aryl methyl sites for hydroxylation is 2. The maximum absolute atomic E-state index is 13.7. The average molecular weight is 430 g/mol. The van der Waals surface area contributed by atoms with E-state index in [2.05, 4.69) is 41.2 Å². The number of carbonyl (C=O) groups excluding carboxylic acids is 1. The lowest BCUT2D eigenvalue weighted by atomic mass is 9.96. The van der Waals surface area contributed by atoms with Crippen LogP contribution in [0.4, 0.5) is 0 Å². The fraction of sp³-hybridized carbons (Fsp3) is 0.360. The number of fused-ring (bicyclic) bond motifs is 2. The zero-order valence-electron chi connectivity index (χ0n) is 18.6. The highest BCUT2D eigenvalue weighted by molar-refractivity contribution is 5.91. The maximum atomic E-state index is 13.7. The lowest BCUT2D eigenvalue weighted by Gasteiger charge is -2.36. The molecule has 164 valence electrons. The van der Waals surface area contributed by atoms with E-state index < -0.39 is 5.92 Å². The van der Waals surface area contributed by atoms with Gasteiger partial charge in [0, 0.05) is 11.9 Å². The van der Waals surface area contributed by atoms with Crippen molar-refractivity contribution >= 4 is 27.7 Å². The van der Waals surface area contributed by atoms with E-state index in [9.17, 15) is 9.59 Å². The summed E-state index contributed by atoms with van der Waals surface area (Å²) in [7, 11) is 0. The number of aromatic amines is 2. The van der Waals surface area contributed by atoms with Crippen molar-refractivity contribution in [2.45, 2.75) is 52.0 Å². The zero-order valence-corrected chi connectivity index (χ0v) is 18.6. The van der Waals surface area contributed by atoms with Gasteiger partial charge in [-0.1, -0.05) is 18.2 Å². The molecule has 1 aliphatic heterocycles. The number of likely N-dealkylation sites (tertiary alicyclic amines) is 1. The summed E-state index contributed by atoms with van der Waals surface area (Å²) in [5.41, 5.74) is 4.72. The van der Waals surface area contributed by atoms with Crippen molar-refractivity contribution in [2.24, 2.45) is 0 Å². The number of rotatable bonds is 3. The summed E-state index contributed by atoms with van der Waals surface area (Å²) in [5, 5.41) is 8.10. The topological polar surface area (TPSA) is 94.7 Å². The number of hydrogen-bond acceptors (Lipinski definition) is 4. The van der Waals surface area contributed by atoms with Crippen LogP contribution in [0.3, 0.4) is 0 Å². The number of hydrogen-bond donors (Lipinski definition) is 2. The van der Waals surface area contributed by atoms with Gasteiger partial charge in [-0.2, -0.15) is 5.10 Å². The van der Waals surface area contributed by atoms with Crippen molar-refractivity contribution in [2.75, 3.05) is 6.54 Å². The average Bonchev–Trinajstić information content (AvgIpc) is 3.21. The Morgan fingerprint density at radius 2 is 1.88 bits per heavy atom. The van der Waals surface area contributed by atoms with Gasteiger partial charge in [-0.25, -0.2) is 10.1 Å². The highest BCUT2D eigenvalue weighted by atomic mass is 16.2. The number of nitrogens with one attached hydrogen (secondary N) is 2. The number of nitrogens with zero attached hydrogens (tertiary/aromatic N) is 3. The van der Waals surface area contributed by atoms with Crippen molar-refractivity contribution in [3.8, 4) is 0 Å². The summed E-state index contributed by atoms with van der Waals surface area (Å²) in [6.45, 7) is 6.73. The minimum absolute atomic E-state index is 0.00668. The Bertz CT molecular complexity index is 1350. The molecule has 0 bridgehead atoms. The first kappa shape index (κ1) is 20.4. The normalized spacial score (nSPS) is 17.7. The molecule has 4 aromatic rings. The van der Waals surface area contributed by atoms with Crippen LogP contribution in [0.5, 0.6) is 0 Å². The Morgan fingerprint density at radius 3 is 2.69 bits per heavy atom. The van der Waals surface area contributed by atoms with Crippen LogP contribution in [0, 0.1) is 13.8 Å². The van der Waals surface area contributed by atoms with Gasteiger partial charge in [0.2, 0.25) is 5.91 Å². The van der Waals surface area contributed by atoms with Crippen LogP contribution < -0.4 is 5.56 Å². The summed E-state index contributed by atoms with van der Waals surface area (Å²) in [6.07, 6.45) is 2.89. The van der Waals surface area contributed by atoms with Crippen LogP contribution in [0.2, 0.25) is 0 Å². The maximum Gasteiger partial charge on any atom is 0.272 e. The molecule has 0 saturated carbocycles. The number of imidazole rings is 1. The fourth-order valence-corrected chi connectivity index (χ4v) is 4.76. The second-order valence-corrected chi connectivity index (χ2v) is 8.82. The molecule has 1 amide bonds. The van der Waals surface area contributed by atoms with E-state index in [1.54, 1.807) is 6.07 Å². The van der Waals surface area contributed by atoms with Gasteiger partial charge in [0.05, 0.1) is 34.1 Å². The minimum Gasteiger partial charge on any atom is -0.340 e. The van der Waals surface area contributed by atoms with E-state index in [1.165, 1.54) is 11.1 Å². The van der Waals surface area contributed by atoms with Gasteiger partial charge in [-0.05, 0) is 69.4 Å². The standard InChI is InChI=1S/C25H27N5O2/c1-14-12-19-20(13-15(14)2)27-23(26-19)21-10-6-7-11-30(21)25(32)16(3)22-17-8-4-5-9-18(17)24(31)29-28-22/h4-5,8-9,12-13,16,21H,6-7,10-11H2,1-3H3,(H,26,27)(H,29,31)/t16-,21-/m1/s1. The molecule has 1 saturated heterocycles. The van der Waals surface area contributed by atoms with Gasteiger partial charge >= 0.3 is 0 Å². The molecule has 2 aromatic heterocycles. The van der Waals surface area contributed by atoms with Gasteiger partial charge in [-0.3, -0.25) is 9.59 Å². The lowest BCUT2D eigenvalue weighted by Crippen LogP contribution is -2.41. The van der Waals surface area contributed by atoms with Crippen LogP contribution in [-0.2, 0) is 4.79 Å². The molecule has 2 N–H and O–H groups in total. The highest BCUT2D eigenvalue weighted by Gasteiger charge is 2.34. The lowest BCUT2D eigenvalue weighted by molar-refractivity contribution is -0.136. The van der Waals surface area contributed by atoms with E-state index >= 15 is 0 Å². The largest absolute Gasteiger partial charge is 0.340 e. The molecule has 0 aliphatic carbocycles. The first-order chi connectivity index (χ1) is 15.4. The summed E-state index contributed by atoms with van der Waals surface area (Å²) in [6, 6.07) is 11.4. The van der Waals surface area contributed by atoms with E-state index in [-0.39, 0.29) is 17.5 Å². The van der Waals surface area contributed by atoms with Gasteiger partial charge < -0.3 is 9.88 Å². The van der Waals surface area contributed by atoms with Crippen LogP contribution in [0.15, 0.2) is 41.2 Å². The van der Waals surface area contributed by atoms with E-state index in [0.717, 1.165) is 41.5 Å². The third-order valence-corrected chi connectivity index (χ3v) is 6.72. The number of H-pyrrole nitrogens is 2. The molecular formula is C25H27N5O2. The molecule has 0 radical (unpaired) electrons. The fourth-order valence-electron chi connectivity index (χ4n) is 4.76. The molecule has 0 spiro atoms. The van der Waals surface area contributed by atoms with E-state index in [1.807, 2.05) is 30.0 Å². The minimum atomic E-state index is -0.480. The molecule has 1 fully saturated rings. The molecule has 1 aliphatic rings. The summed E-state index contributed by atoms with van der Waals surface area (Å²) in [4.78, 5) is 36.1. The monoisotopic (exact) mass is 429 g/mol. The van der Waals surface area contributed by atoms with E-state index in [0.29, 0.717) is 17.6 Å². The van der Waals surface area contributed by atoms with Gasteiger partial charge in [0.1, 0.15) is 5.82 Å². The number of carbonyl (C=O) groups is 1. The second kappa shape index (κ2) is 7.89. The number of piperidine rings is 1. The van der Waals surface area contributed by atoms with Crippen molar-refractivity contribution < 1.29 is 4.79 Å². The molecule has 7 nitrogen and oxygen atoms in total. The molecule has 0 unspecified atom stereocenters. The smallest absolute Gasteiger partial charge is 0.272 e. The van der Waals surface area contributed by atoms with Gasteiger partial charge in [0.25, 0.3) is 5.56 Å².